The van der Waals surface area contributed by atoms with E-state index in [0.717, 1.165) is 47.8 Å². The Kier molecular flexibility index (Phi) is 5.63. The summed E-state index contributed by atoms with van der Waals surface area (Å²) in [6.07, 6.45) is 6.50. The number of carbonyl (C=O) groups is 1. The Morgan fingerprint density at radius 3 is 2.89 bits per heavy atom. The summed E-state index contributed by atoms with van der Waals surface area (Å²) in [4.78, 5) is 23.6. The van der Waals surface area contributed by atoms with E-state index < -0.39 is 0 Å². The van der Waals surface area contributed by atoms with Crippen molar-refractivity contribution >= 4 is 33.3 Å². The fraction of sp³-hybridized carbons (Fsp3) is 0.381. The molecule has 1 N–H and O–H groups in total. The normalized spacial score (nSPS) is 14.0. The van der Waals surface area contributed by atoms with Crippen LogP contribution in [0, 0.1) is 0 Å². The molecule has 1 saturated heterocycles. The van der Waals surface area contributed by atoms with E-state index >= 15 is 0 Å². The van der Waals surface area contributed by atoms with Crippen LogP contribution in [0.1, 0.15) is 36.3 Å². The molecule has 1 amide bonds. The average molecular weight is 381 g/mol. The highest BCUT2D eigenvalue weighted by Crippen LogP contribution is 2.22. The van der Waals surface area contributed by atoms with Gasteiger partial charge in [0.15, 0.2) is 0 Å². The summed E-state index contributed by atoms with van der Waals surface area (Å²) in [6, 6.07) is 12.2. The predicted octanol–water partition coefficient (Wildman–Crippen LogP) is 3.93. The second kappa shape index (κ2) is 8.48. The summed E-state index contributed by atoms with van der Waals surface area (Å²) in [5.41, 5.74) is 2.15. The van der Waals surface area contributed by atoms with Gasteiger partial charge in [0.1, 0.15) is 5.82 Å². The molecule has 0 bridgehead atoms. The minimum atomic E-state index is 0.0932. The van der Waals surface area contributed by atoms with Crippen molar-refractivity contribution in [1.82, 2.24) is 15.3 Å². The number of para-hydroxylation sites is 1. The zero-order valence-corrected chi connectivity index (χ0v) is 16.2. The van der Waals surface area contributed by atoms with Crippen LogP contribution >= 0.6 is 11.3 Å². The Bertz CT molecular complexity index is 884. The molecule has 140 valence electrons. The van der Waals surface area contributed by atoms with E-state index in [9.17, 15) is 4.79 Å². The van der Waals surface area contributed by atoms with E-state index in [4.69, 9.17) is 0 Å². The van der Waals surface area contributed by atoms with E-state index in [-0.39, 0.29) is 5.91 Å². The van der Waals surface area contributed by atoms with Gasteiger partial charge in [0, 0.05) is 32.3 Å². The SMILES string of the molecule is O=C(CCCc1nc2ccccc2s1)NCc1ccnc(N2CCCC2)c1. The molecule has 2 aromatic heterocycles. The van der Waals surface area contributed by atoms with Crippen LogP contribution in [-0.4, -0.2) is 29.0 Å². The summed E-state index contributed by atoms with van der Waals surface area (Å²) in [5, 5.41) is 4.13. The first-order valence-corrected chi connectivity index (χ1v) is 10.4. The van der Waals surface area contributed by atoms with E-state index in [1.807, 2.05) is 30.5 Å². The van der Waals surface area contributed by atoms with Crippen molar-refractivity contribution in [2.45, 2.75) is 38.6 Å². The maximum absolute atomic E-state index is 12.2. The first-order chi connectivity index (χ1) is 13.3. The zero-order valence-electron chi connectivity index (χ0n) is 15.4. The van der Waals surface area contributed by atoms with Crippen LogP contribution in [0.5, 0.6) is 0 Å². The summed E-state index contributed by atoms with van der Waals surface area (Å²) in [7, 11) is 0. The van der Waals surface area contributed by atoms with Crippen LogP contribution < -0.4 is 10.2 Å². The van der Waals surface area contributed by atoms with Gasteiger partial charge >= 0.3 is 0 Å². The van der Waals surface area contributed by atoms with E-state index in [1.54, 1.807) is 11.3 Å². The van der Waals surface area contributed by atoms with Crippen LogP contribution in [0.3, 0.4) is 0 Å². The first-order valence-electron chi connectivity index (χ1n) is 9.59. The second-order valence-corrected chi connectivity index (χ2v) is 8.04. The molecule has 3 aromatic rings. The van der Waals surface area contributed by atoms with Crippen molar-refractivity contribution in [2.75, 3.05) is 18.0 Å². The van der Waals surface area contributed by atoms with Crippen molar-refractivity contribution in [1.29, 1.82) is 0 Å². The molecule has 1 fully saturated rings. The molecule has 0 unspecified atom stereocenters. The van der Waals surface area contributed by atoms with Crippen molar-refractivity contribution in [2.24, 2.45) is 0 Å². The summed E-state index contributed by atoms with van der Waals surface area (Å²) in [5.74, 6) is 1.12. The Morgan fingerprint density at radius 2 is 2.04 bits per heavy atom. The lowest BCUT2D eigenvalue weighted by Gasteiger charge is -2.17. The number of carbonyl (C=O) groups excluding carboxylic acids is 1. The molecule has 0 saturated carbocycles. The molecule has 1 aliphatic rings. The second-order valence-electron chi connectivity index (χ2n) is 6.92. The van der Waals surface area contributed by atoms with Gasteiger partial charge in [-0.2, -0.15) is 0 Å². The molecule has 27 heavy (non-hydrogen) atoms. The van der Waals surface area contributed by atoms with Gasteiger partial charge in [0.05, 0.1) is 15.2 Å². The van der Waals surface area contributed by atoms with Crippen LogP contribution in [0.2, 0.25) is 0 Å². The number of aromatic nitrogens is 2. The third-order valence-corrected chi connectivity index (χ3v) is 5.96. The maximum atomic E-state index is 12.2. The van der Waals surface area contributed by atoms with Crippen LogP contribution in [0.15, 0.2) is 42.6 Å². The lowest BCUT2D eigenvalue weighted by molar-refractivity contribution is -0.121. The number of thiazole rings is 1. The highest BCUT2D eigenvalue weighted by Gasteiger charge is 2.13. The van der Waals surface area contributed by atoms with Crippen molar-refractivity contribution in [3.63, 3.8) is 0 Å². The number of pyridine rings is 1. The number of hydrogen-bond donors (Lipinski definition) is 1. The number of aryl methyl sites for hydroxylation is 1. The number of benzene rings is 1. The number of amides is 1. The highest BCUT2D eigenvalue weighted by atomic mass is 32.1. The van der Waals surface area contributed by atoms with Crippen molar-refractivity contribution < 1.29 is 4.79 Å². The molecule has 6 heteroatoms. The Hall–Kier alpha value is -2.47. The predicted molar refractivity (Wildman–Crippen MR) is 110 cm³/mol. The summed E-state index contributed by atoms with van der Waals surface area (Å²) >= 11 is 1.72. The van der Waals surface area contributed by atoms with Crippen LogP contribution in [-0.2, 0) is 17.8 Å². The monoisotopic (exact) mass is 380 g/mol. The third-order valence-electron chi connectivity index (χ3n) is 4.86. The molecule has 1 aromatic carbocycles. The number of rotatable bonds is 7. The minimum Gasteiger partial charge on any atom is -0.357 e. The fourth-order valence-electron chi connectivity index (χ4n) is 3.41. The quantitative estimate of drug-likeness (QED) is 0.675. The molecule has 0 radical (unpaired) electrons. The van der Waals surface area contributed by atoms with Crippen molar-refractivity contribution in [3.05, 3.63) is 53.2 Å². The highest BCUT2D eigenvalue weighted by molar-refractivity contribution is 7.18. The Labute approximate surface area is 163 Å². The van der Waals surface area contributed by atoms with Gasteiger partial charge in [-0.15, -0.1) is 11.3 Å². The average Bonchev–Trinajstić information content (AvgIpc) is 3.36. The molecule has 1 aliphatic heterocycles. The molecule has 0 atom stereocenters. The van der Waals surface area contributed by atoms with Gasteiger partial charge in [-0.1, -0.05) is 12.1 Å². The van der Waals surface area contributed by atoms with Gasteiger partial charge < -0.3 is 10.2 Å². The largest absolute Gasteiger partial charge is 0.357 e. The Morgan fingerprint density at radius 1 is 1.19 bits per heavy atom. The topological polar surface area (TPSA) is 58.1 Å². The van der Waals surface area contributed by atoms with E-state index in [1.165, 1.54) is 17.5 Å². The third kappa shape index (κ3) is 4.63. The number of hydrogen-bond acceptors (Lipinski definition) is 5. The lowest BCUT2D eigenvalue weighted by atomic mass is 10.2. The molecular weight excluding hydrogens is 356 g/mol. The van der Waals surface area contributed by atoms with Crippen LogP contribution in [0.4, 0.5) is 5.82 Å². The molecule has 3 heterocycles. The number of fused-ring (bicyclic) bond motifs is 1. The van der Waals surface area contributed by atoms with Gasteiger partial charge in [-0.3, -0.25) is 4.79 Å². The van der Waals surface area contributed by atoms with Crippen molar-refractivity contribution in [3.8, 4) is 0 Å². The molecule has 5 nitrogen and oxygen atoms in total. The van der Waals surface area contributed by atoms with Gasteiger partial charge in [-0.25, -0.2) is 9.97 Å². The first kappa shape index (κ1) is 17.9. The zero-order chi connectivity index (χ0) is 18.5. The summed E-state index contributed by atoms with van der Waals surface area (Å²) < 4.78 is 1.21. The molecule has 4 rings (SSSR count). The standard InChI is InChI=1S/C21H24N4OS/c26-20(8-5-9-21-24-17-6-1-2-7-18(17)27-21)23-15-16-10-11-22-19(14-16)25-12-3-4-13-25/h1-2,6-7,10-11,14H,3-5,8-9,12-13,15H2,(H,23,26). The van der Waals surface area contributed by atoms with Gasteiger partial charge in [-0.05, 0) is 55.5 Å². The molecule has 0 spiro atoms. The fourth-order valence-corrected chi connectivity index (χ4v) is 4.41. The number of nitrogens with zero attached hydrogens (tertiary/aromatic N) is 3. The smallest absolute Gasteiger partial charge is 0.220 e. The maximum Gasteiger partial charge on any atom is 0.220 e. The van der Waals surface area contributed by atoms with Gasteiger partial charge in [0.25, 0.3) is 0 Å². The number of nitrogens with one attached hydrogen (secondary N) is 1. The molecule has 0 aliphatic carbocycles. The van der Waals surface area contributed by atoms with E-state index in [0.29, 0.717) is 13.0 Å². The summed E-state index contributed by atoms with van der Waals surface area (Å²) in [6.45, 7) is 2.71. The minimum absolute atomic E-state index is 0.0932. The van der Waals surface area contributed by atoms with E-state index in [2.05, 4.69) is 32.3 Å². The molecular formula is C21H24N4OS. The van der Waals surface area contributed by atoms with Crippen LogP contribution in [0.25, 0.3) is 10.2 Å². The number of anilines is 1. The van der Waals surface area contributed by atoms with Gasteiger partial charge in [0.2, 0.25) is 5.91 Å². The lowest BCUT2D eigenvalue weighted by Crippen LogP contribution is -2.23. The Balaban J connectivity index is 1.23.